The van der Waals surface area contributed by atoms with Crippen LogP contribution in [0.1, 0.15) is 82.9 Å². The van der Waals surface area contributed by atoms with Gasteiger partial charge in [-0.2, -0.15) is 0 Å². The molecule has 3 aromatic rings. The van der Waals surface area contributed by atoms with Crippen molar-refractivity contribution in [2.75, 3.05) is 16.0 Å². The third-order valence-corrected chi connectivity index (χ3v) is 5.76. The Labute approximate surface area is 205 Å². The van der Waals surface area contributed by atoms with Crippen LogP contribution in [0.15, 0.2) is 54.6 Å². The van der Waals surface area contributed by atoms with Crippen molar-refractivity contribution in [1.29, 1.82) is 0 Å². The van der Waals surface area contributed by atoms with Gasteiger partial charge >= 0.3 is 0 Å². The highest BCUT2D eigenvalue weighted by molar-refractivity contribution is 6.20. The number of anilines is 3. The lowest BCUT2D eigenvalue weighted by molar-refractivity contribution is 0.100. The predicted molar refractivity (Wildman–Crippen MR) is 133 cm³/mol. The molecule has 9 nitrogen and oxygen atoms in total. The molecule has 0 saturated heterocycles. The van der Waals surface area contributed by atoms with Crippen LogP contribution in [0.4, 0.5) is 17.1 Å². The molecule has 0 saturated carbocycles. The molecule has 3 amide bonds. The van der Waals surface area contributed by atoms with Crippen LogP contribution in [0.5, 0.6) is 0 Å². The van der Waals surface area contributed by atoms with Crippen molar-refractivity contribution < 1.29 is 28.8 Å². The van der Waals surface area contributed by atoms with Crippen molar-refractivity contribution in [3.05, 3.63) is 88.0 Å². The van der Waals surface area contributed by atoms with E-state index in [9.17, 15) is 28.8 Å². The van der Waals surface area contributed by atoms with E-state index in [4.69, 9.17) is 0 Å². The highest BCUT2D eigenvalue weighted by Crippen LogP contribution is 2.28. The number of fused-ring (bicyclic) bond motifs is 3. The highest BCUT2D eigenvalue weighted by atomic mass is 16.2. The van der Waals surface area contributed by atoms with Gasteiger partial charge in [-0.1, -0.05) is 0 Å². The fourth-order valence-electron chi connectivity index (χ4n) is 3.75. The Morgan fingerprint density at radius 2 is 0.722 bits per heavy atom. The van der Waals surface area contributed by atoms with Gasteiger partial charge in [-0.15, -0.1) is 0 Å². The Kier molecular flexibility index (Phi) is 6.31. The largest absolute Gasteiger partial charge is 0.321 e. The molecule has 0 radical (unpaired) electrons. The summed E-state index contributed by atoms with van der Waals surface area (Å²) in [6, 6.07) is 12.8. The molecule has 4 rings (SSSR count). The molecule has 0 bridgehead atoms. The van der Waals surface area contributed by atoms with Crippen LogP contribution >= 0.6 is 0 Å². The molecule has 3 N–H and O–H groups in total. The lowest BCUT2D eigenvalue weighted by Gasteiger charge is -2.19. The third kappa shape index (κ3) is 4.67. The van der Waals surface area contributed by atoms with Gasteiger partial charge < -0.3 is 16.0 Å². The van der Waals surface area contributed by atoms with Crippen molar-refractivity contribution in [3.63, 3.8) is 0 Å². The van der Waals surface area contributed by atoms with E-state index in [1.807, 2.05) is 0 Å². The SMILES string of the molecule is CC(=O)c1ccc2c(c1)C(=O)Nc1ccc(C(C)=O)cc1C(=O)Nc1ccc(C(C)=O)cc1C(=O)N2. The Hall–Kier alpha value is -4.92. The molecule has 0 spiro atoms. The van der Waals surface area contributed by atoms with Crippen LogP contribution in [0.25, 0.3) is 0 Å². The maximum absolute atomic E-state index is 13.3. The van der Waals surface area contributed by atoms with E-state index in [1.165, 1.54) is 75.4 Å². The molecule has 1 heterocycles. The normalized spacial score (nSPS) is 12.9. The summed E-state index contributed by atoms with van der Waals surface area (Å²) in [6.45, 7) is 4.03. The van der Waals surface area contributed by atoms with Crippen LogP contribution in [0.2, 0.25) is 0 Å². The summed E-state index contributed by atoms with van der Waals surface area (Å²) in [7, 11) is 0. The van der Waals surface area contributed by atoms with Crippen molar-refractivity contribution in [2.45, 2.75) is 20.8 Å². The van der Waals surface area contributed by atoms with E-state index in [1.54, 1.807) is 0 Å². The quantitative estimate of drug-likeness (QED) is 0.473. The second kappa shape index (κ2) is 9.38. The van der Waals surface area contributed by atoms with Crippen LogP contribution in [0, 0.1) is 0 Å². The molecule has 1 aliphatic rings. The standard InChI is InChI=1S/C27H21N3O6/c1-13(31)16-4-7-22-19(10-16)25(34)29-23-8-5-17(14(2)32)11-20(23)27(36)30-24-9-6-18(15(3)33)12-21(24)26(35)28-22/h4-12H,1-3H3,(H,28,35)(H,29,34)(H,30,36). The maximum Gasteiger partial charge on any atom is 0.257 e. The third-order valence-electron chi connectivity index (χ3n) is 5.76. The fourth-order valence-corrected chi connectivity index (χ4v) is 3.75. The first-order valence-corrected chi connectivity index (χ1v) is 10.9. The van der Waals surface area contributed by atoms with Gasteiger partial charge in [0.1, 0.15) is 0 Å². The summed E-state index contributed by atoms with van der Waals surface area (Å²) < 4.78 is 0. The van der Waals surface area contributed by atoms with Crippen LogP contribution in [0.3, 0.4) is 0 Å². The molecule has 0 aromatic heterocycles. The van der Waals surface area contributed by atoms with Crippen LogP contribution < -0.4 is 16.0 Å². The second-order valence-electron chi connectivity index (χ2n) is 8.31. The molecule has 0 fully saturated rings. The topological polar surface area (TPSA) is 139 Å². The number of hydrogen-bond acceptors (Lipinski definition) is 6. The number of carbonyl (C=O) groups excluding carboxylic acids is 6. The van der Waals surface area contributed by atoms with E-state index in [2.05, 4.69) is 16.0 Å². The summed E-state index contributed by atoms with van der Waals surface area (Å²) in [5, 5.41) is 7.93. The van der Waals surface area contributed by atoms with Gasteiger partial charge in [0.15, 0.2) is 17.3 Å². The van der Waals surface area contributed by atoms with Crippen molar-refractivity contribution >= 4 is 52.1 Å². The van der Waals surface area contributed by atoms with Crippen molar-refractivity contribution in [2.24, 2.45) is 0 Å². The van der Waals surface area contributed by atoms with Gasteiger partial charge in [0.05, 0.1) is 33.8 Å². The van der Waals surface area contributed by atoms with Gasteiger partial charge in [0, 0.05) is 16.7 Å². The van der Waals surface area contributed by atoms with Gasteiger partial charge in [-0.3, -0.25) is 28.8 Å². The zero-order chi connectivity index (χ0) is 26.1. The number of hydrogen-bond donors (Lipinski definition) is 3. The molecule has 0 atom stereocenters. The number of nitrogens with one attached hydrogen (secondary N) is 3. The fraction of sp³-hybridized carbons (Fsp3) is 0.111. The number of benzene rings is 3. The smallest absolute Gasteiger partial charge is 0.257 e. The average Bonchev–Trinajstić information content (AvgIpc) is 2.83. The lowest BCUT2D eigenvalue weighted by atomic mass is 10.0. The Morgan fingerprint density at radius 3 is 0.944 bits per heavy atom. The Bertz CT molecular complexity index is 1330. The maximum atomic E-state index is 13.3. The van der Waals surface area contributed by atoms with Crippen LogP contribution in [-0.4, -0.2) is 35.1 Å². The van der Waals surface area contributed by atoms with Gasteiger partial charge in [-0.05, 0) is 75.4 Å². The molecular formula is C27H21N3O6. The first kappa shape index (κ1) is 24.2. The summed E-state index contributed by atoms with van der Waals surface area (Å²) in [6.07, 6.45) is 0. The minimum atomic E-state index is -0.684. The number of Topliss-reactive ketones (excluding diaryl/α,β-unsaturated/α-hetero) is 3. The van der Waals surface area contributed by atoms with Crippen molar-refractivity contribution in [3.8, 4) is 0 Å². The first-order chi connectivity index (χ1) is 17.0. The van der Waals surface area contributed by atoms with Crippen molar-refractivity contribution in [1.82, 2.24) is 0 Å². The van der Waals surface area contributed by atoms with Crippen LogP contribution in [-0.2, 0) is 0 Å². The average molecular weight is 483 g/mol. The Balaban J connectivity index is 1.97. The van der Waals surface area contributed by atoms with E-state index in [0.717, 1.165) is 0 Å². The first-order valence-electron chi connectivity index (χ1n) is 10.9. The lowest BCUT2D eigenvalue weighted by Crippen LogP contribution is -2.24. The minimum absolute atomic E-state index is 0.0112. The molecule has 9 heteroatoms. The number of rotatable bonds is 3. The Morgan fingerprint density at radius 1 is 0.472 bits per heavy atom. The van der Waals surface area contributed by atoms with E-state index >= 15 is 0 Å². The zero-order valence-electron chi connectivity index (χ0n) is 19.6. The number of carbonyl (C=O) groups is 6. The van der Waals surface area contributed by atoms with Gasteiger partial charge in [0.2, 0.25) is 0 Å². The molecular weight excluding hydrogens is 462 g/mol. The molecule has 1 aliphatic heterocycles. The molecule has 0 unspecified atom stereocenters. The van der Waals surface area contributed by atoms with E-state index < -0.39 is 17.7 Å². The summed E-state index contributed by atoms with van der Waals surface area (Å²) in [5.74, 6) is -2.91. The zero-order valence-corrected chi connectivity index (χ0v) is 19.6. The molecule has 3 aromatic carbocycles. The monoisotopic (exact) mass is 483 g/mol. The molecule has 180 valence electrons. The number of ketones is 3. The highest BCUT2D eigenvalue weighted by Gasteiger charge is 2.24. The summed E-state index contributed by atoms with van der Waals surface area (Å²) >= 11 is 0. The summed E-state index contributed by atoms with van der Waals surface area (Å²) in [4.78, 5) is 75.6. The number of amides is 3. The van der Waals surface area contributed by atoms with E-state index in [0.29, 0.717) is 0 Å². The van der Waals surface area contributed by atoms with Gasteiger partial charge in [-0.25, -0.2) is 0 Å². The molecule has 0 aliphatic carbocycles. The van der Waals surface area contributed by atoms with E-state index in [-0.39, 0.29) is 67.8 Å². The molecule has 36 heavy (non-hydrogen) atoms. The predicted octanol–water partition coefficient (Wildman–Crippen LogP) is 4.36. The minimum Gasteiger partial charge on any atom is -0.321 e. The second-order valence-corrected chi connectivity index (χ2v) is 8.31. The van der Waals surface area contributed by atoms with Gasteiger partial charge in [0.25, 0.3) is 17.7 Å². The summed E-state index contributed by atoms with van der Waals surface area (Å²) in [5.41, 5.74) is 1.06.